The normalized spacial score (nSPS) is 33.9. The molecule has 2 heterocycles. The van der Waals surface area contributed by atoms with Crippen molar-refractivity contribution in [1.29, 1.82) is 0 Å². The van der Waals surface area contributed by atoms with Gasteiger partial charge in [0.05, 0.1) is 7.05 Å². The topological polar surface area (TPSA) is 79.0 Å². The molecule has 0 aromatic heterocycles. The van der Waals surface area contributed by atoms with Crippen molar-refractivity contribution in [1.82, 2.24) is 0 Å². The highest BCUT2D eigenvalue weighted by Crippen LogP contribution is 2.24. The number of hydrogen-bond donors (Lipinski definition) is 3. The molecule has 2 atom stereocenters. The van der Waals surface area contributed by atoms with E-state index in [1.54, 1.807) is 19.2 Å². The van der Waals surface area contributed by atoms with Crippen LogP contribution in [0, 0.1) is 0 Å². The Morgan fingerprint density at radius 1 is 1.14 bits per heavy atom. The Hall–Kier alpha value is -1.62. The van der Waals surface area contributed by atoms with Crippen molar-refractivity contribution in [2.24, 2.45) is 0 Å². The van der Waals surface area contributed by atoms with Crippen LogP contribution in [-0.2, 0) is 9.59 Å². The summed E-state index contributed by atoms with van der Waals surface area (Å²) in [4.78, 5) is 22.7. The molecule has 0 saturated heterocycles. The van der Waals surface area contributed by atoms with Crippen LogP contribution < -0.4 is 4.90 Å². The lowest BCUT2D eigenvalue weighted by Gasteiger charge is -2.12. The van der Waals surface area contributed by atoms with Crippen LogP contribution >= 0.6 is 0 Å². The van der Waals surface area contributed by atoms with Gasteiger partial charge in [0.2, 0.25) is 0 Å². The highest BCUT2D eigenvalue weighted by molar-refractivity contribution is 6.02. The van der Waals surface area contributed by atoms with E-state index in [0.717, 1.165) is 4.90 Å². The molecule has 0 aromatic carbocycles. The zero-order valence-corrected chi connectivity index (χ0v) is 7.52. The van der Waals surface area contributed by atoms with Gasteiger partial charge in [-0.25, -0.2) is 9.59 Å². The van der Waals surface area contributed by atoms with Crippen molar-refractivity contribution in [3.8, 4) is 0 Å². The van der Waals surface area contributed by atoms with Gasteiger partial charge in [0, 0.05) is 0 Å². The number of aliphatic carboxylic acids is 2. The summed E-state index contributed by atoms with van der Waals surface area (Å²) < 4.78 is 0. The fourth-order valence-corrected chi connectivity index (χ4v) is 2.20. The summed E-state index contributed by atoms with van der Waals surface area (Å²) in [7, 11) is 1.80. The van der Waals surface area contributed by atoms with Crippen molar-refractivity contribution < 1.29 is 24.7 Å². The SMILES string of the molecule is C[NH+]1C2C=CC1C(C(=O)O)=C2C(=O)O. The fourth-order valence-electron chi connectivity index (χ4n) is 2.20. The number of carboxylic acid groups (broad SMARTS) is 2. The van der Waals surface area contributed by atoms with Crippen molar-refractivity contribution in [2.75, 3.05) is 7.05 Å². The molecule has 5 nitrogen and oxygen atoms in total. The summed E-state index contributed by atoms with van der Waals surface area (Å²) in [5, 5.41) is 17.8. The first-order valence-electron chi connectivity index (χ1n) is 4.26. The van der Waals surface area contributed by atoms with Gasteiger partial charge in [-0.2, -0.15) is 0 Å². The summed E-state index contributed by atoms with van der Waals surface area (Å²) in [6.45, 7) is 0. The Bertz CT molecular complexity index is 348. The van der Waals surface area contributed by atoms with Crippen LogP contribution in [0.15, 0.2) is 23.3 Å². The van der Waals surface area contributed by atoms with Gasteiger partial charge < -0.3 is 15.1 Å². The van der Waals surface area contributed by atoms with Crippen molar-refractivity contribution in [3.05, 3.63) is 23.3 Å². The van der Waals surface area contributed by atoms with Crippen molar-refractivity contribution in [2.45, 2.75) is 12.1 Å². The van der Waals surface area contributed by atoms with Crippen LogP contribution in [0.4, 0.5) is 0 Å². The number of rotatable bonds is 2. The van der Waals surface area contributed by atoms with Crippen LogP contribution in [0.5, 0.6) is 0 Å². The molecule has 0 spiro atoms. The minimum Gasteiger partial charge on any atom is -0.478 e. The van der Waals surface area contributed by atoms with Gasteiger partial charge in [-0.05, 0) is 12.2 Å². The third kappa shape index (κ3) is 0.927. The molecule has 5 heteroatoms. The van der Waals surface area contributed by atoms with Gasteiger partial charge >= 0.3 is 11.9 Å². The van der Waals surface area contributed by atoms with E-state index in [4.69, 9.17) is 10.2 Å². The predicted octanol–water partition coefficient (Wildman–Crippen LogP) is -1.71. The number of carbonyl (C=O) groups is 2. The molecule has 74 valence electrons. The maximum Gasteiger partial charge on any atom is 0.338 e. The lowest BCUT2D eigenvalue weighted by Crippen LogP contribution is -3.13. The molecule has 0 radical (unpaired) electrons. The van der Waals surface area contributed by atoms with Crippen molar-refractivity contribution in [3.63, 3.8) is 0 Å². The number of nitrogens with one attached hydrogen (secondary N) is 1. The Kier molecular flexibility index (Phi) is 1.72. The lowest BCUT2D eigenvalue weighted by atomic mass is 9.97. The maximum absolute atomic E-state index is 10.9. The van der Waals surface area contributed by atoms with Gasteiger partial charge in [0.25, 0.3) is 0 Å². The first-order valence-corrected chi connectivity index (χ1v) is 4.26. The number of likely N-dealkylation sites (N-methyl/N-ethyl adjacent to an activating group) is 1. The summed E-state index contributed by atoms with van der Waals surface area (Å²) in [5.74, 6) is -2.25. The largest absolute Gasteiger partial charge is 0.478 e. The van der Waals surface area contributed by atoms with E-state index in [1.165, 1.54) is 0 Å². The zero-order chi connectivity index (χ0) is 10.5. The first-order chi connectivity index (χ1) is 6.54. The van der Waals surface area contributed by atoms with Gasteiger partial charge in [0.1, 0.15) is 23.2 Å². The molecule has 0 aromatic rings. The molecule has 0 amide bonds. The van der Waals surface area contributed by atoms with E-state index in [1.807, 2.05) is 0 Å². The van der Waals surface area contributed by atoms with Gasteiger partial charge in [-0.3, -0.25) is 0 Å². The van der Waals surface area contributed by atoms with E-state index in [-0.39, 0.29) is 23.2 Å². The Balaban J connectivity index is 2.51. The average Bonchev–Trinajstić information content (AvgIpc) is 2.58. The second kappa shape index (κ2) is 2.68. The zero-order valence-electron chi connectivity index (χ0n) is 7.52. The Labute approximate surface area is 79.9 Å². The van der Waals surface area contributed by atoms with E-state index in [9.17, 15) is 9.59 Å². The van der Waals surface area contributed by atoms with E-state index >= 15 is 0 Å². The number of quaternary nitrogens is 1. The third-order valence-electron chi connectivity index (χ3n) is 2.85. The van der Waals surface area contributed by atoms with Crippen molar-refractivity contribution >= 4 is 11.9 Å². The van der Waals surface area contributed by atoms with Crippen LogP contribution in [0.1, 0.15) is 0 Å². The minimum atomic E-state index is -1.13. The van der Waals surface area contributed by atoms with Gasteiger partial charge in [-0.15, -0.1) is 0 Å². The average molecular weight is 196 g/mol. The van der Waals surface area contributed by atoms with E-state index in [2.05, 4.69) is 0 Å². The lowest BCUT2D eigenvalue weighted by molar-refractivity contribution is -0.894. The Morgan fingerprint density at radius 3 is 1.79 bits per heavy atom. The molecule has 2 aliphatic heterocycles. The molecule has 0 aliphatic carbocycles. The van der Waals surface area contributed by atoms with E-state index in [0.29, 0.717) is 0 Å². The fraction of sp³-hybridized carbons (Fsp3) is 0.333. The molecule has 2 rings (SSSR count). The monoisotopic (exact) mass is 196 g/mol. The summed E-state index contributed by atoms with van der Waals surface area (Å²) in [5.41, 5.74) is 0.0602. The molecular formula is C9H10NO4+. The molecule has 2 unspecified atom stereocenters. The van der Waals surface area contributed by atoms with Crippen LogP contribution in [0.25, 0.3) is 0 Å². The van der Waals surface area contributed by atoms with E-state index < -0.39 is 11.9 Å². The summed E-state index contributed by atoms with van der Waals surface area (Å²) in [6, 6.07) is -0.604. The van der Waals surface area contributed by atoms with Gasteiger partial charge in [0.15, 0.2) is 0 Å². The summed E-state index contributed by atoms with van der Waals surface area (Å²) in [6.07, 6.45) is 3.52. The predicted molar refractivity (Wildman–Crippen MR) is 45.9 cm³/mol. The minimum absolute atomic E-state index is 0.0301. The third-order valence-corrected chi connectivity index (χ3v) is 2.85. The number of fused-ring (bicyclic) bond motifs is 2. The second-order valence-electron chi connectivity index (χ2n) is 3.52. The van der Waals surface area contributed by atoms with Crippen LogP contribution in [0.3, 0.4) is 0 Å². The quantitative estimate of drug-likeness (QED) is 0.459. The highest BCUT2D eigenvalue weighted by atomic mass is 16.4. The molecular weight excluding hydrogens is 186 g/mol. The maximum atomic E-state index is 10.9. The molecule has 14 heavy (non-hydrogen) atoms. The number of carboxylic acids is 2. The molecule has 0 fully saturated rings. The second-order valence-corrected chi connectivity index (χ2v) is 3.52. The molecule has 3 N–H and O–H groups in total. The first kappa shape index (κ1) is 8.96. The van der Waals surface area contributed by atoms with Crippen LogP contribution in [-0.4, -0.2) is 41.3 Å². The van der Waals surface area contributed by atoms with Gasteiger partial charge in [-0.1, -0.05) is 0 Å². The molecule has 2 aliphatic rings. The molecule has 2 bridgehead atoms. The van der Waals surface area contributed by atoms with Crippen LogP contribution in [0.2, 0.25) is 0 Å². The summed E-state index contributed by atoms with van der Waals surface area (Å²) >= 11 is 0. The standard InChI is InChI=1S/C9H9NO4/c1-10-4-2-3-5(10)7(9(13)14)6(4)8(11)12/h2-5H,1H3,(H,11,12)(H,13,14)/p+1. The molecule has 0 saturated carbocycles. The smallest absolute Gasteiger partial charge is 0.338 e. The highest BCUT2D eigenvalue weighted by Gasteiger charge is 2.49. The number of hydrogen-bond acceptors (Lipinski definition) is 2. The Morgan fingerprint density at radius 2 is 1.50 bits per heavy atom.